The first-order valence-electron chi connectivity index (χ1n) is 7.34. The van der Waals surface area contributed by atoms with Crippen molar-refractivity contribution in [3.05, 3.63) is 28.2 Å². The minimum atomic E-state index is -3.86. The maximum Gasteiger partial charge on any atom is 0.243 e. The Labute approximate surface area is 146 Å². The van der Waals surface area contributed by atoms with Gasteiger partial charge in [0, 0.05) is 25.6 Å². The average molecular weight is 380 g/mol. The van der Waals surface area contributed by atoms with E-state index >= 15 is 0 Å². The van der Waals surface area contributed by atoms with Gasteiger partial charge in [0.05, 0.1) is 10.0 Å². The Bertz CT molecular complexity index is 641. The molecule has 1 atom stereocenters. The van der Waals surface area contributed by atoms with Gasteiger partial charge in [-0.05, 0) is 31.5 Å². The molecule has 6 nitrogen and oxygen atoms in total. The van der Waals surface area contributed by atoms with Crippen LogP contribution in [-0.4, -0.2) is 40.0 Å². The lowest BCUT2D eigenvalue weighted by Crippen LogP contribution is -2.46. The van der Waals surface area contributed by atoms with E-state index in [1.807, 2.05) is 0 Å². The van der Waals surface area contributed by atoms with Crippen LogP contribution >= 0.6 is 23.2 Å². The van der Waals surface area contributed by atoms with Gasteiger partial charge in [0.25, 0.3) is 0 Å². The normalized spacial score (nSPS) is 18.6. The van der Waals surface area contributed by atoms with E-state index in [-0.39, 0.29) is 39.9 Å². The molecule has 1 amide bonds. The molecule has 128 valence electrons. The number of carbonyl (C=O) groups excluding carboxylic acids is 1. The van der Waals surface area contributed by atoms with Crippen LogP contribution in [0.15, 0.2) is 23.1 Å². The molecule has 1 aromatic carbocycles. The molecule has 1 heterocycles. The highest BCUT2D eigenvalue weighted by molar-refractivity contribution is 7.89. The van der Waals surface area contributed by atoms with Crippen molar-refractivity contribution >= 4 is 39.1 Å². The molecule has 1 aromatic rings. The topological polar surface area (TPSA) is 87.3 Å². The summed E-state index contributed by atoms with van der Waals surface area (Å²) in [7, 11) is -3.86. The minimum Gasteiger partial charge on any atom is -0.352 e. The quantitative estimate of drug-likeness (QED) is 0.699. The molecule has 0 aliphatic carbocycles. The summed E-state index contributed by atoms with van der Waals surface area (Å²) in [6.07, 6.45) is 2.00. The van der Waals surface area contributed by atoms with Crippen molar-refractivity contribution in [1.82, 2.24) is 15.4 Å². The number of hydrogen-bond donors (Lipinski definition) is 3. The highest BCUT2D eigenvalue weighted by Crippen LogP contribution is 2.28. The molecule has 23 heavy (non-hydrogen) atoms. The molecule has 0 spiro atoms. The van der Waals surface area contributed by atoms with Crippen molar-refractivity contribution in [3.63, 3.8) is 0 Å². The Balaban J connectivity index is 1.86. The van der Waals surface area contributed by atoms with Gasteiger partial charge in [-0.15, -0.1) is 0 Å². The van der Waals surface area contributed by atoms with E-state index in [4.69, 9.17) is 23.2 Å². The molecule has 2 rings (SSSR count). The van der Waals surface area contributed by atoms with Gasteiger partial charge in [0.2, 0.25) is 15.9 Å². The van der Waals surface area contributed by atoms with Crippen LogP contribution < -0.4 is 15.4 Å². The van der Waals surface area contributed by atoms with E-state index in [0.717, 1.165) is 25.9 Å². The second kappa shape index (κ2) is 8.30. The third-order valence-corrected chi connectivity index (χ3v) is 5.91. The first-order valence-corrected chi connectivity index (χ1v) is 9.58. The number of amides is 1. The summed E-state index contributed by atoms with van der Waals surface area (Å²) >= 11 is 11.8. The number of sulfonamides is 1. The molecular weight excluding hydrogens is 361 g/mol. The third-order valence-electron chi connectivity index (χ3n) is 3.49. The second-order valence-electron chi connectivity index (χ2n) is 5.31. The van der Waals surface area contributed by atoms with Crippen LogP contribution in [0.1, 0.15) is 19.3 Å². The summed E-state index contributed by atoms with van der Waals surface area (Å²) in [6, 6.07) is 4.57. The van der Waals surface area contributed by atoms with Crippen LogP contribution in [0, 0.1) is 0 Å². The molecule has 1 unspecified atom stereocenters. The first-order chi connectivity index (χ1) is 10.9. The molecule has 0 radical (unpaired) electrons. The molecule has 1 saturated heterocycles. The molecule has 9 heteroatoms. The van der Waals surface area contributed by atoms with E-state index in [1.165, 1.54) is 12.1 Å². The molecular formula is C14H19Cl2N3O3S. The lowest BCUT2D eigenvalue weighted by atomic mass is 10.1. The van der Waals surface area contributed by atoms with Crippen LogP contribution in [0.3, 0.4) is 0 Å². The van der Waals surface area contributed by atoms with E-state index in [2.05, 4.69) is 15.4 Å². The standard InChI is InChI=1S/C14H19Cl2N3O3S/c15-11-4-1-5-12(16)14(11)23(21,22)18-8-6-13(20)19-10-3-2-7-17-9-10/h1,4-5,10,17-18H,2-3,6-9H2,(H,19,20). The third kappa shape index (κ3) is 5.32. The maximum atomic E-state index is 12.2. The number of halogens is 2. The Morgan fingerprint density at radius 1 is 1.30 bits per heavy atom. The largest absolute Gasteiger partial charge is 0.352 e. The average Bonchev–Trinajstić information content (AvgIpc) is 2.47. The second-order valence-corrected chi connectivity index (χ2v) is 7.83. The van der Waals surface area contributed by atoms with Crippen molar-refractivity contribution in [2.45, 2.75) is 30.2 Å². The van der Waals surface area contributed by atoms with Crippen LogP contribution in [0.2, 0.25) is 10.0 Å². The van der Waals surface area contributed by atoms with E-state index < -0.39 is 10.0 Å². The number of benzene rings is 1. The fourth-order valence-electron chi connectivity index (χ4n) is 2.39. The van der Waals surface area contributed by atoms with Crippen molar-refractivity contribution in [1.29, 1.82) is 0 Å². The van der Waals surface area contributed by atoms with Gasteiger partial charge < -0.3 is 10.6 Å². The summed E-state index contributed by atoms with van der Waals surface area (Å²) < 4.78 is 26.8. The lowest BCUT2D eigenvalue weighted by Gasteiger charge is -2.23. The Morgan fingerprint density at radius 3 is 2.61 bits per heavy atom. The SMILES string of the molecule is O=C(CCNS(=O)(=O)c1c(Cl)cccc1Cl)NC1CCCNC1. The number of hydrogen-bond acceptors (Lipinski definition) is 4. The zero-order chi connectivity index (χ0) is 16.9. The van der Waals surface area contributed by atoms with Crippen molar-refractivity contribution in [3.8, 4) is 0 Å². The van der Waals surface area contributed by atoms with E-state index in [0.29, 0.717) is 0 Å². The highest BCUT2D eigenvalue weighted by atomic mass is 35.5. The zero-order valence-corrected chi connectivity index (χ0v) is 14.8. The Kier molecular flexibility index (Phi) is 6.67. The van der Waals surface area contributed by atoms with Gasteiger partial charge in [0.1, 0.15) is 4.90 Å². The van der Waals surface area contributed by atoms with Gasteiger partial charge in [0.15, 0.2) is 0 Å². The molecule has 1 aliphatic rings. The summed E-state index contributed by atoms with van der Waals surface area (Å²) in [5, 5.41) is 6.17. The molecule has 0 aromatic heterocycles. The number of nitrogens with one attached hydrogen (secondary N) is 3. The van der Waals surface area contributed by atoms with Crippen LogP contribution in [-0.2, 0) is 14.8 Å². The minimum absolute atomic E-state index is 0.0180. The fraction of sp³-hybridized carbons (Fsp3) is 0.500. The van der Waals surface area contributed by atoms with Crippen molar-refractivity contribution < 1.29 is 13.2 Å². The summed E-state index contributed by atoms with van der Waals surface area (Å²) in [5.41, 5.74) is 0. The van der Waals surface area contributed by atoms with Crippen molar-refractivity contribution in [2.75, 3.05) is 19.6 Å². The molecule has 1 aliphatic heterocycles. The van der Waals surface area contributed by atoms with Gasteiger partial charge in [-0.1, -0.05) is 29.3 Å². The number of rotatable bonds is 6. The molecule has 0 saturated carbocycles. The predicted octanol–water partition coefficient (Wildman–Crippen LogP) is 1.53. The van der Waals surface area contributed by atoms with E-state index in [1.54, 1.807) is 6.07 Å². The summed E-state index contributed by atoms with van der Waals surface area (Å²) in [6.45, 7) is 1.69. The van der Waals surface area contributed by atoms with Crippen LogP contribution in [0.4, 0.5) is 0 Å². The summed E-state index contributed by atoms with van der Waals surface area (Å²) in [4.78, 5) is 11.7. The molecule has 0 bridgehead atoms. The van der Waals surface area contributed by atoms with Gasteiger partial charge in [-0.3, -0.25) is 4.79 Å². The van der Waals surface area contributed by atoms with Gasteiger partial charge >= 0.3 is 0 Å². The van der Waals surface area contributed by atoms with Crippen LogP contribution in [0.5, 0.6) is 0 Å². The summed E-state index contributed by atoms with van der Waals surface area (Å²) in [5.74, 6) is -0.188. The maximum absolute atomic E-state index is 12.2. The smallest absolute Gasteiger partial charge is 0.243 e. The first kappa shape index (κ1) is 18.5. The van der Waals surface area contributed by atoms with Crippen LogP contribution in [0.25, 0.3) is 0 Å². The predicted molar refractivity (Wildman–Crippen MR) is 90.3 cm³/mol. The Morgan fingerprint density at radius 2 is 2.00 bits per heavy atom. The fourth-order valence-corrected chi connectivity index (χ4v) is 4.56. The lowest BCUT2D eigenvalue weighted by molar-refractivity contribution is -0.121. The highest BCUT2D eigenvalue weighted by Gasteiger charge is 2.21. The van der Waals surface area contributed by atoms with Gasteiger partial charge in [-0.2, -0.15) is 0 Å². The monoisotopic (exact) mass is 379 g/mol. The number of carbonyl (C=O) groups is 1. The van der Waals surface area contributed by atoms with Gasteiger partial charge in [-0.25, -0.2) is 13.1 Å². The Hall–Kier alpha value is -0.860. The zero-order valence-electron chi connectivity index (χ0n) is 12.4. The molecule has 1 fully saturated rings. The van der Waals surface area contributed by atoms with Crippen molar-refractivity contribution in [2.24, 2.45) is 0 Å². The number of piperidine rings is 1. The van der Waals surface area contributed by atoms with E-state index in [9.17, 15) is 13.2 Å². The molecule has 3 N–H and O–H groups in total.